The van der Waals surface area contributed by atoms with Crippen molar-refractivity contribution in [3.05, 3.63) is 28.2 Å². The quantitative estimate of drug-likeness (QED) is 0.740. The van der Waals surface area contributed by atoms with Crippen LogP contribution in [0.5, 0.6) is 0 Å². The zero-order valence-electron chi connectivity index (χ0n) is 16.3. The number of piperidine rings is 1. The van der Waals surface area contributed by atoms with Gasteiger partial charge in [0.05, 0.1) is 11.3 Å². The van der Waals surface area contributed by atoms with Gasteiger partial charge < -0.3 is 15.5 Å². The van der Waals surface area contributed by atoms with Gasteiger partial charge in [-0.1, -0.05) is 36.7 Å². The van der Waals surface area contributed by atoms with Crippen LogP contribution in [0.4, 0.5) is 5.69 Å². The third kappa shape index (κ3) is 5.79. The van der Waals surface area contributed by atoms with Crippen molar-refractivity contribution >= 4 is 39.3 Å². The van der Waals surface area contributed by atoms with Crippen LogP contribution in [-0.2, 0) is 9.59 Å². The molecular weight excluding hydrogens is 410 g/mol. The number of amides is 3. The van der Waals surface area contributed by atoms with Gasteiger partial charge in [-0.3, -0.25) is 14.4 Å². The maximum Gasteiger partial charge on any atom is 0.256 e. The van der Waals surface area contributed by atoms with E-state index in [2.05, 4.69) is 40.4 Å². The average molecular weight is 438 g/mol. The first kappa shape index (κ1) is 21.4. The molecule has 1 saturated heterocycles. The molecule has 0 bridgehead atoms. The Bertz CT molecular complexity index is 712. The molecule has 1 aromatic rings. The summed E-state index contributed by atoms with van der Waals surface area (Å²) in [5.41, 5.74) is 0.916. The van der Waals surface area contributed by atoms with E-state index in [0.29, 0.717) is 42.6 Å². The number of likely N-dealkylation sites (tertiary alicyclic amines) is 1. The monoisotopic (exact) mass is 437 g/mol. The topological polar surface area (TPSA) is 78.5 Å². The Morgan fingerprint density at radius 3 is 2.41 bits per heavy atom. The smallest absolute Gasteiger partial charge is 0.256 e. The van der Waals surface area contributed by atoms with E-state index in [9.17, 15) is 14.4 Å². The van der Waals surface area contributed by atoms with Crippen LogP contribution in [0, 0.1) is 11.8 Å². The van der Waals surface area contributed by atoms with Crippen LogP contribution in [0.15, 0.2) is 22.7 Å². The summed E-state index contributed by atoms with van der Waals surface area (Å²) < 4.78 is 0.774. The summed E-state index contributed by atoms with van der Waals surface area (Å²) in [6.45, 7) is 8.93. The van der Waals surface area contributed by atoms with E-state index in [1.165, 1.54) is 6.92 Å². The predicted octanol–water partition coefficient (Wildman–Crippen LogP) is 3.42. The highest BCUT2D eigenvalue weighted by molar-refractivity contribution is 9.10. The number of rotatable bonds is 5. The summed E-state index contributed by atoms with van der Waals surface area (Å²) in [6, 6.07) is 4.60. The fourth-order valence-electron chi connectivity index (χ4n) is 3.62. The molecule has 1 aromatic carbocycles. The Labute approximate surface area is 169 Å². The standard InChI is InChI=1S/C20H28BrN3O3/c1-5-17(22-14(4)25)19(26)23-18-7-6-15(21)9-16(18)20(27)24-10-12(2)8-13(3)11-24/h6-7,9,12-13,17H,5,8,10-11H2,1-4H3,(H,22,25)(H,23,26)/t12-,13+,17?. The van der Waals surface area contributed by atoms with Crippen LogP contribution in [0.2, 0.25) is 0 Å². The van der Waals surface area contributed by atoms with Gasteiger partial charge >= 0.3 is 0 Å². The Morgan fingerprint density at radius 2 is 1.85 bits per heavy atom. The zero-order chi connectivity index (χ0) is 20.1. The van der Waals surface area contributed by atoms with Crippen molar-refractivity contribution in [2.75, 3.05) is 18.4 Å². The third-order valence-electron chi connectivity index (χ3n) is 4.73. The van der Waals surface area contributed by atoms with Crippen LogP contribution < -0.4 is 10.6 Å². The molecule has 0 aliphatic carbocycles. The number of carbonyl (C=O) groups is 3. The molecular formula is C20H28BrN3O3. The number of nitrogens with one attached hydrogen (secondary N) is 2. The molecule has 0 radical (unpaired) electrons. The molecule has 1 aliphatic heterocycles. The Balaban J connectivity index is 2.24. The second-order valence-corrected chi connectivity index (χ2v) is 8.41. The Kier molecular flexibility index (Phi) is 7.41. The summed E-state index contributed by atoms with van der Waals surface area (Å²) >= 11 is 3.41. The molecule has 3 atom stereocenters. The number of hydrogen-bond acceptors (Lipinski definition) is 3. The minimum absolute atomic E-state index is 0.0856. The molecule has 6 nitrogen and oxygen atoms in total. The highest BCUT2D eigenvalue weighted by Gasteiger charge is 2.28. The lowest BCUT2D eigenvalue weighted by Crippen LogP contribution is -2.44. The second kappa shape index (κ2) is 9.35. The highest BCUT2D eigenvalue weighted by atomic mass is 79.9. The molecule has 0 spiro atoms. The third-order valence-corrected chi connectivity index (χ3v) is 5.22. The van der Waals surface area contributed by atoms with E-state index in [4.69, 9.17) is 0 Å². The van der Waals surface area contributed by atoms with E-state index >= 15 is 0 Å². The Morgan fingerprint density at radius 1 is 1.22 bits per heavy atom. The number of carbonyl (C=O) groups excluding carboxylic acids is 3. The first-order valence-corrected chi connectivity index (χ1v) is 10.2. The normalized spacial score (nSPS) is 20.7. The summed E-state index contributed by atoms with van der Waals surface area (Å²) in [5, 5.41) is 5.44. The molecule has 2 N–H and O–H groups in total. The first-order valence-electron chi connectivity index (χ1n) is 9.38. The van der Waals surface area contributed by atoms with Crippen molar-refractivity contribution in [1.82, 2.24) is 10.2 Å². The van der Waals surface area contributed by atoms with E-state index in [0.717, 1.165) is 10.9 Å². The second-order valence-electron chi connectivity index (χ2n) is 7.50. The van der Waals surface area contributed by atoms with Crippen molar-refractivity contribution in [3.8, 4) is 0 Å². The Hall–Kier alpha value is -1.89. The van der Waals surface area contributed by atoms with Gasteiger partial charge in [-0.15, -0.1) is 0 Å². The minimum Gasteiger partial charge on any atom is -0.345 e. The van der Waals surface area contributed by atoms with Crippen LogP contribution in [0.3, 0.4) is 0 Å². The number of anilines is 1. The van der Waals surface area contributed by atoms with Gasteiger partial charge in [0.15, 0.2) is 0 Å². The van der Waals surface area contributed by atoms with E-state index in [-0.39, 0.29) is 17.7 Å². The highest BCUT2D eigenvalue weighted by Crippen LogP contribution is 2.27. The summed E-state index contributed by atoms with van der Waals surface area (Å²) in [5.74, 6) is 0.224. The lowest BCUT2D eigenvalue weighted by atomic mass is 9.91. The molecule has 1 fully saturated rings. The summed E-state index contributed by atoms with van der Waals surface area (Å²) in [7, 11) is 0. The predicted molar refractivity (Wildman–Crippen MR) is 110 cm³/mol. The first-order chi connectivity index (χ1) is 12.7. The fraction of sp³-hybridized carbons (Fsp3) is 0.550. The van der Waals surface area contributed by atoms with Crippen LogP contribution >= 0.6 is 15.9 Å². The van der Waals surface area contributed by atoms with Crippen molar-refractivity contribution < 1.29 is 14.4 Å². The number of nitrogens with zero attached hydrogens (tertiary/aromatic N) is 1. The van der Waals surface area contributed by atoms with E-state index in [1.807, 2.05) is 11.8 Å². The lowest BCUT2D eigenvalue weighted by molar-refractivity contribution is -0.125. The molecule has 1 aliphatic rings. The largest absolute Gasteiger partial charge is 0.345 e. The van der Waals surface area contributed by atoms with E-state index in [1.54, 1.807) is 18.2 Å². The van der Waals surface area contributed by atoms with Crippen LogP contribution in [-0.4, -0.2) is 41.8 Å². The molecule has 0 aromatic heterocycles. The number of hydrogen-bond donors (Lipinski definition) is 2. The van der Waals surface area contributed by atoms with Crippen molar-refractivity contribution in [1.29, 1.82) is 0 Å². The van der Waals surface area contributed by atoms with Crippen molar-refractivity contribution in [2.45, 2.75) is 46.6 Å². The minimum atomic E-state index is -0.635. The average Bonchev–Trinajstić information content (AvgIpc) is 2.59. The van der Waals surface area contributed by atoms with Gasteiger partial charge in [0.25, 0.3) is 5.91 Å². The van der Waals surface area contributed by atoms with E-state index < -0.39 is 6.04 Å². The van der Waals surface area contributed by atoms with Crippen LogP contribution in [0.25, 0.3) is 0 Å². The van der Waals surface area contributed by atoms with Crippen molar-refractivity contribution in [2.24, 2.45) is 11.8 Å². The van der Waals surface area contributed by atoms with Gasteiger partial charge in [-0.25, -0.2) is 0 Å². The van der Waals surface area contributed by atoms with Crippen LogP contribution in [0.1, 0.15) is 50.9 Å². The van der Waals surface area contributed by atoms with Gasteiger partial charge in [0.1, 0.15) is 6.04 Å². The molecule has 0 saturated carbocycles. The fourth-order valence-corrected chi connectivity index (χ4v) is 3.98. The number of halogens is 1. The zero-order valence-corrected chi connectivity index (χ0v) is 17.9. The maximum atomic E-state index is 13.1. The molecule has 1 unspecified atom stereocenters. The number of benzene rings is 1. The van der Waals surface area contributed by atoms with Gasteiger partial charge in [0, 0.05) is 24.5 Å². The maximum absolute atomic E-state index is 13.1. The molecule has 7 heteroatoms. The summed E-state index contributed by atoms with van der Waals surface area (Å²) in [4.78, 5) is 38.9. The molecule has 3 amide bonds. The summed E-state index contributed by atoms with van der Waals surface area (Å²) in [6.07, 6.45) is 1.58. The lowest BCUT2D eigenvalue weighted by Gasteiger charge is -2.35. The van der Waals surface area contributed by atoms with Gasteiger partial charge in [0.2, 0.25) is 11.8 Å². The molecule has 27 heavy (non-hydrogen) atoms. The molecule has 2 rings (SSSR count). The van der Waals surface area contributed by atoms with Crippen molar-refractivity contribution in [3.63, 3.8) is 0 Å². The van der Waals surface area contributed by atoms with Gasteiger partial charge in [-0.2, -0.15) is 0 Å². The van der Waals surface area contributed by atoms with Gasteiger partial charge in [-0.05, 0) is 42.9 Å². The SMILES string of the molecule is CCC(NC(C)=O)C(=O)Nc1ccc(Br)cc1C(=O)N1C[C@H](C)C[C@H](C)C1. The molecule has 148 valence electrons. The molecule has 1 heterocycles.